The summed E-state index contributed by atoms with van der Waals surface area (Å²) in [6.07, 6.45) is -0.656. The second-order valence-electron chi connectivity index (χ2n) is 12.7. The van der Waals surface area contributed by atoms with Gasteiger partial charge in [-0.25, -0.2) is 6.57 Å². The Morgan fingerprint density at radius 1 is 1.14 bits per heavy atom. The molecule has 0 unspecified atom stereocenters. The van der Waals surface area contributed by atoms with Crippen molar-refractivity contribution in [1.29, 1.82) is 0 Å². The molecule has 2 aliphatic rings. The largest absolute Gasteiger partial charge is 0.481 e. The summed E-state index contributed by atoms with van der Waals surface area (Å²) in [5.41, 5.74) is -2.67. The number of carboxylic acids is 1. The van der Waals surface area contributed by atoms with Gasteiger partial charge < -0.3 is 24.5 Å². The molecular formula is C36H39F3N4O5S. The number of aryl methyl sites for hydroxylation is 2. The lowest BCUT2D eigenvalue weighted by Crippen LogP contribution is -2.68. The average Bonchev–Trinajstić information content (AvgIpc) is 3.51. The number of likely N-dealkylation sites (tertiary alicyclic amines) is 2. The van der Waals surface area contributed by atoms with E-state index in [9.17, 15) is 32.7 Å². The maximum Gasteiger partial charge on any atom is 0.417 e. The van der Waals surface area contributed by atoms with E-state index in [1.807, 2.05) is 38.1 Å². The zero-order valence-electron chi connectivity index (χ0n) is 27.5. The van der Waals surface area contributed by atoms with Gasteiger partial charge in [0, 0.05) is 73.5 Å². The molecule has 3 aromatic rings. The van der Waals surface area contributed by atoms with Crippen molar-refractivity contribution in [2.75, 3.05) is 19.6 Å². The molecule has 13 heteroatoms. The lowest BCUT2D eigenvalue weighted by Gasteiger charge is -2.50. The van der Waals surface area contributed by atoms with Crippen molar-refractivity contribution in [3.05, 3.63) is 92.7 Å². The molecule has 9 nitrogen and oxygen atoms in total. The lowest BCUT2D eigenvalue weighted by molar-refractivity contribution is -0.160. The van der Waals surface area contributed by atoms with Crippen molar-refractivity contribution in [2.24, 2.45) is 0 Å². The minimum Gasteiger partial charge on any atom is -0.481 e. The number of carbonyl (C=O) groups excluding carboxylic acids is 2. The number of aromatic nitrogens is 1. The zero-order valence-corrected chi connectivity index (χ0v) is 28.3. The first-order valence-electron chi connectivity index (χ1n) is 16.4. The maximum atomic E-state index is 14.9. The number of hydrogen-bond acceptors (Lipinski definition) is 6. The number of aliphatic carboxylic acids is 1. The quantitative estimate of drug-likeness (QED) is 0.226. The molecule has 0 bridgehead atoms. The van der Waals surface area contributed by atoms with Gasteiger partial charge in [-0.3, -0.25) is 19.4 Å². The summed E-state index contributed by atoms with van der Waals surface area (Å²) in [7, 11) is 0. The van der Waals surface area contributed by atoms with Gasteiger partial charge in [-0.2, -0.15) is 13.2 Å². The fraction of sp³-hybridized carbons (Fsp3) is 0.472. The number of benzene rings is 1. The third kappa shape index (κ3) is 7.29. The van der Waals surface area contributed by atoms with E-state index >= 15 is 0 Å². The van der Waals surface area contributed by atoms with Crippen LogP contribution in [0.4, 0.5) is 13.2 Å². The molecule has 2 aliphatic heterocycles. The number of carbonyl (C=O) groups is 3. The number of pyridine rings is 1. The smallest absolute Gasteiger partial charge is 0.417 e. The molecule has 2 saturated heterocycles. The van der Waals surface area contributed by atoms with Gasteiger partial charge in [-0.15, -0.1) is 11.3 Å². The Hall–Kier alpha value is -4.44. The van der Waals surface area contributed by atoms with E-state index in [1.54, 1.807) is 16.3 Å². The minimum absolute atomic E-state index is 0.0742. The Balaban J connectivity index is 1.50. The highest BCUT2D eigenvalue weighted by molar-refractivity contribution is 7.10. The van der Waals surface area contributed by atoms with Crippen LogP contribution in [0.25, 0.3) is 4.85 Å². The maximum absolute atomic E-state index is 14.9. The Labute approximate surface area is 287 Å². The fourth-order valence-electron chi connectivity index (χ4n) is 7.28. The van der Waals surface area contributed by atoms with Crippen molar-refractivity contribution in [3.63, 3.8) is 0 Å². The van der Waals surface area contributed by atoms with Gasteiger partial charge in [0.25, 0.3) is 17.4 Å². The molecule has 2 atom stereocenters. The minimum atomic E-state index is -4.78. The first kappa shape index (κ1) is 35.9. The van der Waals surface area contributed by atoms with Gasteiger partial charge in [-0.1, -0.05) is 37.6 Å². The Morgan fingerprint density at radius 2 is 1.88 bits per heavy atom. The number of amides is 2. The molecule has 0 spiro atoms. The van der Waals surface area contributed by atoms with Gasteiger partial charge in [0.15, 0.2) is 0 Å². The first-order chi connectivity index (χ1) is 23.3. The van der Waals surface area contributed by atoms with E-state index in [1.165, 1.54) is 16.2 Å². The van der Waals surface area contributed by atoms with Crippen LogP contribution in [0.3, 0.4) is 0 Å². The fourth-order valence-corrected chi connectivity index (χ4v) is 7.88. The molecule has 0 saturated carbocycles. The van der Waals surface area contributed by atoms with Gasteiger partial charge in [0.2, 0.25) is 5.60 Å². The molecule has 5 rings (SSSR count). The molecule has 260 valence electrons. The van der Waals surface area contributed by atoms with Gasteiger partial charge in [0.05, 0.1) is 17.2 Å². The summed E-state index contributed by atoms with van der Waals surface area (Å²) in [4.78, 5) is 52.1. The topological polar surface area (TPSA) is 104 Å². The van der Waals surface area contributed by atoms with Gasteiger partial charge in [-0.05, 0) is 43.9 Å². The van der Waals surface area contributed by atoms with Crippen molar-refractivity contribution in [1.82, 2.24) is 14.8 Å². The molecule has 2 aromatic heterocycles. The number of halogens is 3. The van der Waals surface area contributed by atoms with Crippen LogP contribution in [0.1, 0.15) is 83.8 Å². The third-order valence-corrected chi connectivity index (χ3v) is 10.5. The van der Waals surface area contributed by atoms with Crippen LogP contribution in [0, 0.1) is 13.5 Å². The summed E-state index contributed by atoms with van der Waals surface area (Å²) < 4.78 is 48.7. The number of rotatable bonds is 10. The third-order valence-electron chi connectivity index (χ3n) is 9.63. The summed E-state index contributed by atoms with van der Waals surface area (Å²) in [5.74, 6) is -1.71. The zero-order chi connectivity index (χ0) is 35.4. The number of hydrogen-bond donors (Lipinski definition) is 1. The van der Waals surface area contributed by atoms with Crippen LogP contribution < -0.4 is 4.74 Å². The molecule has 49 heavy (non-hydrogen) atoms. The van der Waals surface area contributed by atoms with Crippen LogP contribution in [0.2, 0.25) is 0 Å². The number of carboxylic acid groups (broad SMARTS) is 1. The molecule has 1 aromatic carbocycles. The van der Waals surface area contributed by atoms with Crippen molar-refractivity contribution >= 4 is 29.1 Å². The Bertz CT molecular complexity index is 1730. The van der Waals surface area contributed by atoms with E-state index < -0.39 is 46.4 Å². The van der Waals surface area contributed by atoms with Gasteiger partial charge in [0.1, 0.15) is 5.75 Å². The number of piperidine rings is 2. The highest BCUT2D eigenvalue weighted by Gasteiger charge is 2.57. The second-order valence-corrected chi connectivity index (χ2v) is 13.8. The molecule has 2 fully saturated rings. The normalized spacial score (nSPS) is 20.8. The van der Waals surface area contributed by atoms with Gasteiger partial charge >= 0.3 is 12.1 Å². The summed E-state index contributed by atoms with van der Waals surface area (Å²) in [6.45, 7) is 12.5. The molecular weight excluding hydrogens is 657 g/mol. The van der Waals surface area contributed by atoms with Crippen LogP contribution in [0.5, 0.6) is 5.75 Å². The summed E-state index contributed by atoms with van der Waals surface area (Å²) >= 11 is 1.44. The Kier molecular flexibility index (Phi) is 10.7. The number of thiophene rings is 1. The highest BCUT2D eigenvalue weighted by atomic mass is 32.1. The average molecular weight is 697 g/mol. The molecule has 4 heterocycles. The molecule has 2 amide bonds. The predicted octanol–water partition coefficient (Wildman–Crippen LogP) is 7.15. The van der Waals surface area contributed by atoms with Crippen molar-refractivity contribution in [3.8, 4) is 5.75 Å². The van der Waals surface area contributed by atoms with Crippen LogP contribution >= 0.6 is 11.3 Å². The van der Waals surface area contributed by atoms with Crippen LogP contribution in [-0.2, 0) is 27.7 Å². The lowest BCUT2D eigenvalue weighted by atomic mass is 9.76. The van der Waals surface area contributed by atoms with E-state index in [2.05, 4.69) is 9.83 Å². The number of ether oxygens (including phenoxy) is 1. The van der Waals surface area contributed by atoms with E-state index in [0.717, 1.165) is 34.5 Å². The van der Waals surface area contributed by atoms with Crippen LogP contribution in [0.15, 0.2) is 54.2 Å². The van der Waals surface area contributed by atoms with Crippen molar-refractivity contribution < 1.29 is 37.4 Å². The first-order valence-corrected chi connectivity index (χ1v) is 17.3. The molecule has 0 radical (unpaired) electrons. The number of nitrogens with zero attached hydrogens (tertiary/aromatic N) is 4. The monoisotopic (exact) mass is 696 g/mol. The van der Waals surface area contributed by atoms with E-state index in [0.29, 0.717) is 37.9 Å². The van der Waals surface area contributed by atoms with Crippen LogP contribution in [-0.4, -0.2) is 69.0 Å². The summed E-state index contributed by atoms with van der Waals surface area (Å²) in [5, 5.41) is 11.1. The molecule has 0 aliphatic carbocycles. The molecule has 1 N–H and O–H groups in total. The van der Waals surface area contributed by atoms with E-state index in [-0.39, 0.29) is 44.8 Å². The van der Waals surface area contributed by atoms with Crippen molar-refractivity contribution in [2.45, 2.75) is 88.6 Å². The Morgan fingerprint density at radius 3 is 2.51 bits per heavy atom. The predicted molar refractivity (Wildman–Crippen MR) is 177 cm³/mol. The SMILES string of the molecule is [C-]#[N+]C1(c2ccccc2CCC(=O)O)CCN(C(=O)[C@]2(Oc3csc(C)c3)CCCN(C(=O)c3cnccc3C(F)(F)F)[C@@H]2CCC)CC1. The second kappa shape index (κ2) is 14.6. The number of alkyl halides is 3. The summed E-state index contributed by atoms with van der Waals surface area (Å²) in [6, 6.07) is 9.04. The highest BCUT2D eigenvalue weighted by Crippen LogP contribution is 2.43. The van der Waals surface area contributed by atoms with E-state index in [4.69, 9.17) is 11.3 Å². The standard InChI is InChI=1S/C36H39F3N4O5S/c1-4-8-30-35(48-26-21-24(2)49-23-26,14-7-18-43(30)32(46)27-22-41-17-13-29(27)36(37,38)39)33(47)42-19-15-34(40-3,16-20-42)28-10-6-5-9-25(28)11-12-31(44)45/h5-6,9-10,13,17,21-23,30H,4,7-8,11-12,14-16,18-20H2,1-2H3,(H,44,45)/t30-,35+/m1/s1.